The van der Waals surface area contributed by atoms with E-state index in [2.05, 4.69) is 20.9 Å². The summed E-state index contributed by atoms with van der Waals surface area (Å²) >= 11 is 0. The third-order valence-electron chi connectivity index (χ3n) is 3.03. The van der Waals surface area contributed by atoms with E-state index in [-0.39, 0.29) is 30.4 Å². The lowest BCUT2D eigenvalue weighted by Gasteiger charge is -2.07. The molecule has 2 rings (SSSR count). The summed E-state index contributed by atoms with van der Waals surface area (Å²) in [5, 5.41) is 14.0. The van der Waals surface area contributed by atoms with Crippen LogP contribution in [0.15, 0.2) is 29.1 Å². The lowest BCUT2D eigenvalue weighted by Crippen LogP contribution is -2.37. The largest absolute Gasteiger partial charge is 0.383 e. The zero-order chi connectivity index (χ0) is 15.8. The molecule has 126 valence electrons. The number of benzene rings is 1. The third-order valence-corrected chi connectivity index (χ3v) is 3.03. The highest BCUT2D eigenvalue weighted by Gasteiger charge is 2.08. The molecule has 0 atom stereocenters. The minimum Gasteiger partial charge on any atom is -0.383 e. The van der Waals surface area contributed by atoms with Gasteiger partial charge in [-0.05, 0) is 12.1 Å². The zero-order valence-electron chi connectivity index (χ0n) is 12.8. The molecule has 0 radical (unpaired) electrons. The van der Waals surface area contributed by atoms with Crippen molar-refractivity contribution in [2.24, 2.45) is 0 Å². The number of methoxy groups -OCH3 is 1. The van der Waals surface area contributed by atoms with Crippen molar-refractivity contribution in [3.63, 3.8) is 0 Å². The van der Waals surface area contributed by atoms with Crippen molar-refractivity contribution in [2.75, 3.05) is 33.4 Å². The molecular formula is C14H20ClN5O3. The Kier molecular flexibility index (Phi) is 8.17. The van der Waals surface area contributed by atoms with Crippen LogP contribution in [0.4, 0.5) is 0 Å². The first-order valence-corrected chi connectivity index (χ1v) is 7.01. The van der Waals surface area contributed by atoms with Gasteiger partial charge < -0.3 is 15.4 Å². The van der Waals surface area contributed by atoms with Crippen LogP contribution in [-0.4, -0.2) is 54.3 Å². The zero-order valence-corrected chi connectivity index (χ0v) is 13.6. The van der Waals surface area contributed by atoms with E-state index in [1.54, 1.807) is 31.4 Å². The molecule has 0 saturated heterocycles. The van der Waals surface area contributed by atoms with E-state index >= 15 is 0 Å². The van der Waals surface area contributed by atoms with Crippen LogP contribution < -0.4 is 16.2 Å². The number of carbonyl (C=O) groups excluding carboxylic acids is 1. The Labute approximate surface area is 139 Å². The maximum Gasteiger partial charge on any atom is 0.278 e. The molecule has 0 spiro atoms. The van der Waals surface area contributed by atoms with Gasteiger partial charge in [0.2, 0.25) is 5.91 Å². The van der Waals surface area contributed by atoms with Gasteiger partial charge in [0.1, 0.15) is 12.1 Å². The van der Waals surface area contributed by atoms with Crippen LogP contribution in [0.3, 0.4) is 0 Å². The minimum absolute atomic E-state index is 0. The molecule has 9 heteroatoms. The maximum absolute atomic E-state index is 12.2. The number of halogens is 1. The topological polar surface area (TPSA) is 98.1 Å². The van der Waals surface area contributed by atoms with Gasteiger partial charge in [-0.2, -0.15) is 0 Å². The smallest absolute Gasteiger partial charge is 0.278 e. The maximum atomic E-state index is 12.2. The number of amides is 1. The summed E-state index contributed by atoms with van der Waals surface area (Å²) in [5.74, 6) is -0.278. The number of hydrogen-bond donors (Lipinski definition) is 2. The Morgan fingerprint density at radius 1 is 1.26 bits per heavy atom. The summed E-state index contributed by atoms with van der Waals surface area (Å²) in [6.45, 7) is 2.30. The Morgan fingerprint density at radius 3 is 2.83 bits per heavy atom. The van der Waals surface area contributed by atoms with E-state index in [4.69, 9.17) is 4.74 Å². The van der Waals surface area contributed by atoms with Crippen molar-refractivity contribution in [3.05, 3.63) is 34.6 Å². The second-order valence-electron chi connectivity index (χ2n) is 4.66. The number of aromatic nitrogens is 3. The molecule has 1 heterocycles. The summed E-state index contributed by atoms with van der Waals surface area (Å²) in [6, 6.07) is 6.91. The number of nitrogens with one attached hydrogen (secondary N) is 2. The second kappa shape index (κ2) is 9.88. The first-order chi connectivity index (χ1) is 10.7. The molecule has 0 unspecified atom stereocenters. The highest BCUT2D eigenvalue weighted by molar-refractivity contribution is 5.85. The molecular weight excluding hydrogens is 322 g/mol. The van der Waals surface area contributed by atoms with Crippen LogP contribution in [0, 0.1) is 0 Å². The number of nitrogens with zero attached hydrogens (tertiary/aromatic N) is 3. The number of ether oxygens (including phenoxy) is 1. The molecule has 1 aromatic carbocycles. The number of carbonyl (C=O) groups is 1. The minimum atomic E-state index is -0.320. The van der Waals surface area contributed by atoms with Gasteiger partial charge in [-0.3, -0.25) is 9.59 Å². The van der Waals surface area contributed by atoms with E-state index in [0.717, 1.165) is 11.2 Å². The molecule has 23 heavy (non-hydrogen) atoms. The van der Waals surface area contributed by atoms with Crippen molar-refractivity contribution in [2.45, 2.75) is 6.54 Å². The van der Waals surface area contributed by atoms with Crippen LogP contribution in [-0.2, 0) is 16.1 Å². The predicted octanol–water partition coefficient (Wildman–Crippen LogP) is -0.434. The molecule has 0 aliphatic rings. The van der Waals surface area contributed by atoms with Crippen LogP contribution in [0.1, 0.15) is 0 Å². The Bertz CT molecular complexity index is 691. The molecule has 0 aliphatic heterocycles. The van der Waals surface area contributed by atoms with Gasteiger partial charge in [0.25, 0.3) is 5.56 Å². The van der Waals surface area contributed by atoms with Crippen molar-refractivity contribution < 1.29 is 9.53 Å². The van der Waals surface area contributed by atoms with Crippen LogP contribution in [0.2, 0.25) is 0 Å². The van der Waals surface area contributed by atoms with Gasteiger partial charge in [-0.15, -0.1) is 17.5 Å². The monoisotopic (exact) mass is 341 g/mol. The average Bonchev–Trinajstić information content (AvgIpc) is 2.54. The molecule has 2 aromatic rings. The Balaban J connectivity index is 0.00000264. The number of fused-ring (bicyclic) bond motifs is 1. The molecule has 1 aromatic heterocycles. The van der Waals surface area contributed by atoms with Crippen LogP contribution in [0.25, 0.3) is 10.9 Å². The first-order valence-electron chi connectivity index (χ1n) is 7.01. The molecule has 0 fully saturated rings. The van der Waals surface area contributed by atoms with E-state index in [9.17, 15) is 9.59 Å². The van der Waals surface area contributed by atoms with Crippen molar-refractivity contribution in [1.29, 1.82) is 0 Å². The number of rotatable bonds is 8. The van der Waals surface area contributed by atoms with Crippen LogP contribution in [0.5, 0.6) is 0 Å². The SMILES string of the molecule is COCCNCCNC(=O)Cn1nnc2ccccc2c1=O.Cl. The van der Waals surface area contributed by atoms with Crippen molar-refractivity contribution in [3.8, 4) is 0 Å². The molecule has 1 amide bonds. The van der Waals surface area contributed by atoms with E-state index in [1.165, 1.54) is 0 Å². The standard InChI is InChI=1S/C14H19N5O3.ClH/c1-22-9-8-15-6-7-16-13(20)10-19-14(21)11-4-2-3-5-12(11)17-18-19;/h2-5,15H,6-10H2,1H3,(H,16,20);1H. The Morgan fingerprint density at radius 2 is 2.04 bits per heavy atom. The van der Waals surface area contributed by atoms with Crippen molar-refractivity contribution >= 4 is 29.2 Å². The highest BCUT2D eigenvalue weighted by Crippen LogP contribution is 2.02. The Hall–Kier alpha value is -2.03. The molecule has 0 aliphatic carbocycles. The van der Waals surface area contributed by atoms with Crippen LogP contribution >= 0.6 is 12.4 Å². The molecule has 0 bridgehead atoms. The summed E-state index contributed by atoms with van der Waals surface area (Å²) in [7, 11) is 1.63. The van der Waals surface area contributed by atoms with Crippen molar-refractivity contribution in [1.82, 2.24) is 25.6 Å². The first kappa shape index (κ1) is 19.0. The second-order valence-corrected chi connectivity index (χ2v) is 4.66. The highest BCUT2D eigenvalue weighted by atomic mass is 35.5. The van der Waals surface area contributed by atoms with Gasteiger partial charge in [0.15, 0.2) is 0 Å². The molecule has 8 nitrogen and oxygen atoms in total. The van der Waals surface area contributed by atoms with E-state index in [1.807, 2.05) is 0 Å². The average molecular weight is 342 g/mol. The summed E-state index contributed by atoms with van der Waals surface area (Å²) in [4.78, 5) is 24.0. The fourth-order valence-electron chi connectivity index (χ4n) is 1.91. The van der Waals surface area contributed by atoms with E-state index < -0.39 is 0 Å². The summed E-state index contributed by atoms with van der Waals surface area (Å²) < 4.78 is 5.96. The van der Waals surface area contributed by atoms with Gasteiger partial charge in [0.05, 0.1) is 12.0 Å². The fourth-order valence-corrected chi connectivity index (χ4v) is 1.91. The van der Waals surface area contributed by atoms with Gasteiger partial charge in [-0.25, -0.2) is 4.68 Å². The fraction of sp³-hybridized carbons (Fsp3) is 0.429. The predicted molar refractivity (Wildman–Crippen MR) is 88.8 cm³/mol. The lowest BCUT2D eigenvalue weighted by molar-refractivity contribution is -0.121. The summed E-state index contributed by atoms with van der Waals surface area (Å²) in [5.41, 5.74) is 0.200. The quantitative estimate of drug-likeness (QED) is 0.632. The lowest BCUT2D eigenvalue weighted by atomic mass is 10.2. The van der Waals surface area contributed by atoms with Gasteiger partial charge >= 0.3 is 0 Å². The summed E-state index contributed by atoms with van der Waals surface area (Å²) in [6.07, 6.45) is 0. The normalized spacial score (nSPS) is 10.3. The molecule has 0 saturated carbocycles. The molecule has 2 N–H and O–H groups in total. The third kappa shape index (κ3) is 5.59. The number of hydrogen-bond acceptors (Lipinski definition) is 6. The van der Waals surface area contributed by atoms with Gasteiger partial charge in [0, 0.05) is 26.7 Å². The van der Waals surface area contributed by atoms with Gasteiger partial charge in [-0.1, -0.05) is 17.3 Å². The van der Waals surface area contributed by atoms with E-state index in [0.29, 0.717) is 30.6 Å².